The molecule has 0 aliphatic rings. The van der Waals surface area contributed by atoms with Crippen LogP contribution in [0.4, 0.5) is 0 Å². The fourth-order valence-corrected chi connectivity index (χ4v) is 2.68. The van der Waals surface area contributed by atoms with E-state index in [9.17, 15) is 0 Å². The van der Waals surface area contributed by atoms with Crippen LogP contribution in [0.5, 0.6) is 0 Å². The molecule has 0 atom stereocenters. The fourth-order valence-electron chi connectivity index (χ4n) is 1.95. The van der Waals surface area contributed by atoms with Crippen LogP contribution in [0.15, 0.2) is 36.8 Å². The summed E-state index contributed by atoms with van der Waals surface area (Å²) >= 11 is 18.4. The number of nitrogens with zero attached hydrogens (tertiary/aromatic N) is 4. The molecule has 0 spiro atoms. The van der Waals surface area contributed by atoms with Crippen molar-refractivity contribution in [2.45, 2.75) is 0 Å². The summed E-state index contributed by atoms with van der Waals surface area (Å²) in [6.07, 6.45) is 3.32. The van der Waals surface area contributed by atoms with Crippen molar-refractivity contribution in [2.75, 3.05) is 0 Å². The smallest absolute Gasteiger partial charge is 0.180 e. The molecular formula is C14H9Cl3N4. The molecule has 3 aromatic rings. The molecule has 0 unspecified atom stereocenters. The number of hydrogen-bond donors (Lipinski definition) is 0. The zero-order valence-electron chi connectivity index (χ0n) is 10.9. The van der Waals surface area contributed by atoms with Crippen molar-refractivity contribution in [1.29, 1.82) is 0 Å². The predicted octanol–water partition coefficient (Wildman–Crippen LogP) is 4.50. The predicted molar refractivity (Wildman–Crippen MR) is 84.7 cm³/mol. The average Bonchev–Trinajstić information content (AvgIpc) is 2.86. The van der Waals surface area contributed by atoms with E-state index in [2.05, 4.69) is 15.0 Å². The molecule has 0 saturated heterocycles. The highest BCUT2D eigenvalue weighted by Gasteiger charge is 2.16. The molecule has 21 heavy (non-hydrogen) atoms. The molecule has 0 N–H and O–H groups in total. The van der Waals surface area contributed by atoms with Crippen LogP contribution in [-0.2, 0) is 7.05 Å². The lowest BCUT2D eigenvalue weighted by Crippen LogP contribution is -1.98. The van der Waals surface area contributed by atoms with Gasteiger partial charge in [-0.05, 0) is 17.7 Å². The van der Waals surface area contributed by atoms with Crippen molar-refractivity contribution in [2.24, 2.45) is 7.05 Å². The van der Waals surface area contributed by atoms with Gasteiger partial charge in [-0.25, -0.2) is 15.0 Å². The van der Waals surface area contributed by atoms with Gasteiger partial charge in [-0.1, -0.05) is 46.9 Å². The number of halogens is 3. The van der Waals surface area contributed by atoms with Gasteiger partial charge in [0.05, 0.1) is 18.1 Å². The molecule has 3 rings (SSSR count). The van der Waals surface area contributed by atoms with Crippen molar-refractivity contribution in [1.82, 2.24) is 19.5 Å². The maximum Gasteiger partial charge on any atom is 0.180 e. The fraction of sp³-hybridized carbons (Fsp3) is 0.0714. The highest BCUT2D eigenvalue weighted by Crippen LogP contribution is 2.34. The molecule has 7 heteroatoms. The first-order valence-electron chi connectivity index (χ1n) is 6.02. The first-order chi connectivity index (χ1) is 10.1. The Hall–Kier alpha value is -1.62. The van der Waals surface area contributed by atoms with Crippen LogP contribution < -0.4 is 0 Å². The molecule has 0 bridgehead atoms. The molecule has 0 amide bonds. The second kappa shape index (κ2) is 5.64. The third kappa shape index (κ3) is 2.75. The van der Waals surface area contributed by atoms with Crippen molar-refractivity contribution >= 4 is 34.8 Å². The van der Waals surface area contributed by atoms with Crippen LogP contribution in [0.25, 0.3) is 22.6 Å². The molecule has 0 radical (unpaired) electrons. The van der Waals surface area contributed by atoms with Gasteiger partial charge < -0.3 is 4.57 Å². The minimum atomic E-state index is 0.286. The summed E-state index contributed by atoms with van der Waals surface area (Å²) in [5, 5.41) is 1.21. The number of benzene rings is 1. The highest BCUT2D eigenvalue weighted by atomic mass is 35.5. The number of imidazole rings is 1. The van der Waals surface area contributed by atoms with Crippen LogP contribution in [0.1, 0.15) is 0 Å². The van der Waals surface area contributed by atoms with E-state index >= 15 is 0 Å². The minimum Gasteiger partial charge on any atom is -0.331 e. The molecular weight excluding hydrogens is 331 g/mol. The van der Waals surface area contributed by atoms with Gasteiger partial charge in [-0.2, -0.15) is 0 Å². The normalized spacial score (nSPS) is 10.9. The second-order valence-electron chi connectivity index (χ2n) is 4.40. The third-order valence-corrected chi connectivity index (χ3v) is 3.80. The van der Waals surface area contributed by atoms with Gasteiger partial charge in [0.25, 0.3) is 0 Å². The molecule has 0 saturated carbocycles. The monoisotopic (exact) mass is 338 g/mol. The van der Waals surface area contributed by atoms with Crippen LogP contribution in [-0.4, -0.2) is 19.5 Å². The van der Waals surface area contributed by atoms with E-state index in [0.29, 0.717) is 16.4 Å². The lowest BCUT2D eigenvalue weighted by atomic mass is 10.1. The molecule has 106 valence electrons. The van der Waals surface area contributed by atoms with Crippen LogP contribution in [0.3, 0.4) is 0 Å². The van der Waals surface area contributed by atoms with Gasteiger partial charge in [-0.15, -0.1) is 0 Å². The molecule has 2 heterocycles. The molecule has 1 aromatic carbocycles. The summed E-state index contributed by atoms with van der Waals surface area (Å²) in [5.41, 5.74) is 2.13. The zero-order chi connectivity index (χ0) is 15.0. The van der Waals surface area contributed by atoms with E-state index in [1.165, 1.54) is 0 Å². The molecule has 4 nitrogen and oxygen atoms in total. The van der Waals surface area contributed by atoms with Crippen LogP contribution >= 0.6 is 34.8 Å². The summed E-state index contributed by atoms with van der Waals surface area (Å²) in [6, 6.07) is 7.17. The average molecular weight is 340 g/mol. The number of aryl methyl sites for hydroxylation is 1. The van der Waals surface area contributed by atoms with Gasteiger partial charge in [0.1, 0.15) is 16.0 Å². The molecule has 0 aliphatic carbocycles. The molecule has 0 aliphatic heterocycles. The lowest BCUT2D eigenvalue weighted by Gasteiger charge is -2.09. The SMILES string of the molecule is Cn1cncc1-c1nc(Cl)c(-c2ccc(Cl)cc2)c(Cl)n1. The van der Waals surface area contributed by atoms with Crippen molar-refractivity contribution < 1.29 is 0 Å². The Morgan fingerprint density at radius 3 is 2.10 bits per heavy atom. The maximum atomic E-state index is 6.28. The van der Waals surface area contributed by atoms with Crippen molar-refractivity contribution in [3.05, 3.63) is 52.1 Å². The largest absolute Gasteiger partial charge is 0.331 e. The number of aromatic nitrogens is 4. The first-order valence-corrected chi connectivity index (χ1v) is 7.15. The topological polar surface area (TPSA) is 43.6 Å². The van der Waals surface area contributed by atoms with Crippen LogP contribution in [0, 0.1) is 0 Å². The molecule has 0 fully saturated rings. The summed E-state index contributed by atoms with van der Waals surface area (Å²) in [4.78, 5) is 12.7. The summed E-state index contributed by atoms with van der Waals surface area (Å²) in [6.45, 7) is 0. The van der Waals surface area contributed by atoms with Crippen LogP contribution in [0.2, 0.25) is 15.3 Å². The van der Waals surface area contributed by atoms with Crippen molar-refractivity contribution in [3.8, 4) is 22.6 Å². The second-order valence-corrected chi connectivity index (χ2v) is 5.55. The van der Waals surface area contributed by atoms with Gasteiger partial charge >= 0.3 is 0 Å². The zero-order valence-corrected chi connectivity index (χ0v) is 13.2. The lowest BCUT2D eigenvalue weighted by molar-refractivity contribution is 0.908. The Labute approximate surface area is 136 Å². The summed E-state index contributed by atoms with van der Waals surface area (Å²) in [5.74, 6) is 0.433. The first kappa shape index (κ1) is 14.3. The van der Waals surface area contributed by atoms with E-state index < -0.39 is 0 Å². The Balaban J connectivity index is 2.13. The standard InChI is InChI=1S/C14H9Cl3N4/c1-21-7-18-6-10(21)14-19-12(16)11(13(17)20-14)8-2-4-9(15)5-3-8/h2-7H,1H3. The quantitative estimate of drug-likeness (QED) is 0.645. The van der Waals surface area contributed by atoms with E-state index in [0.717, 1.165) is 11.3 Å². The summed E-state index contributed by atoms with van der Waals surface area (Å²) in [7, 11) is 1.85. The van der Waals surface area contributed by atoms with Gasteiger partial charge in [0, 0.05) is 12.1 Å². The number of hydrogen-bond acceptors (Lipinski definition) is 3. The Morgan fingerprint density at radius 2 is 1.57 bits per heavy atom. The van der Waals surface area contributed by atoms with E-state index in [1.807, 2.05) is 19.2 Å². The minimum absolute atomic E-state index is 0.286. The Morgan fingerprint density at radius 1 is 0.952 bits per heavy atom. The third-order valence-electron chi connectivity index (χ3n) is 3.00. The summed E-state index contributed by atoms with van der Waals surface area (Å²) < 4.78 is 1.80. The van der Waals surface area contributed by atoms with Gasteiger partial charge in [-0.3, -0.25) is 0 Å². The van der Waals surface area contributed by atoms with E-state index in [-0.39, 0.29) is 10.3 Å². The highest BCUT2D eigenvalue weighted by molar-refractivity contribution is 6.38. The van der Waals surface area contributed by atoms with Gasteiger partial charge in [0.2, 0.25) is 0 Å². The van der Waals surface area contributed by atoms with E-state index in [1.54, 1.807) is 29.2 Å². The maximum absolute atomic E-state index is 6.28. The van der Waals surface area contributed by atoms with E-state index in [4.69, 9.17) is 34.8 Å². The van der Waals surface area contributed by atoms with Gasteiger partial charge in [0.15, 0.2) is 5.82 Å². The number of rotatable bonds is 2. The molecule has 2 aromatic heterocycles. The Bertz CT molecular complexity index is 773. The van der Waals surface area contributed by atoms with Crippen molar-refractivity contribution in [3.63, 3.8) is 0 Å². The Kier molecular flexibility index (Phi) is 3.85.